The maximum absolute atomic E-state index is 12.5. The van der Waals surface area contributed by atoms with Crippen LogP contribution in [0.25, 0.3) is 0 Å². The van der Waals surface area contributed by atoms with Crippen LogP contribution in [0.3, 0.4) is 0 Å². The third-order valence-corrected chi connectivity index (χ3v) is 5.21. The van der Waals surface area contributed by atoms with E-state index in [4.69, 9.17) is 0 Å². The second-order valence-electron chi connectivity index (χ2n) is 7.02. The lowest BCUT2D eigenvalue weighted by atomic mass is 9.92. The number of piperidine rings is 1. The summed E-state index contributed by atoms with van der Waals surface area (Å²) >= 11 is 0. The van der Waals surface area contributed by atoms with E-state index in [1.807, 2.05) is 17.0 Å². The molecule has 0 aromatic carbocycles. The number of carbonyl (C=O) groups is 1. The number of amides is 1. The van der Waals surface area contributed by atoms with Crippen molar-refractivity contribution in [3.63, 3.8) is 0 Å². The average molecular weight is 315 g/mol. The molecule has 2 saturated heterocycles. The van der Waals surface area contributed by atoms with Crippen LogP contribution in [-0.4, -0.2) is 46.9 Å². The van der Waals surface area contributed by atoms with Crippen LogP contribution in [-0.2, 0) is 6.54 Å². The van der Waals surface area contributed by atoms with Crippen LogP contribution in [0.4, 0.5) is 0 Å². The summed E-state index contributed by atoms with van der Waals surface area (Å²) in [6.45, 7) is 7.25. The molecule has 0 unspecified atom stereocenters. The lowest BCUT2D eigenvalue weighted by molar-refractivity contribution is 0.0786. The molecule has 0 aliphatic carbocycles. The number of hydrogen-bond donors (Lipinski definition) is 0. The van der Waals surface area contributed by atoms with Gasteiger partial charge in [-0.05, 0) is 56.8 Å². The Morgan fingerprint density at radius 3 is 2.61 bits per heavy atom. The van der Waals surface area contributed by atoms with E-state index in [1.54, 1.807) is 0 Å². The largest absolute Gasteiger partial charge is 0.337 e. The molecule has 23 heavy (non-hydrogen) atoms. The molecule has 0 bridgehead atoms. The summed E-state index contributed by atoms with van der Waals surface area (Å²) in [4.78, 5) is 21.5. The minimum atomic E-state index is 0.103. The third-order valence-electron chi connectivity index (χ3n) is 5.21. The number of aromatic nitrogens is 1. The molecule has 4 nitrogen and oxygen atoms in total. The standard InChI is InChI=1S/C19H29N3O/c1-2-6-16-9-13-21(14-10-16)15-17-7-5-8-18(20-17)19(23)22-11-3-4-12-22/h5,7-8,16H,2-4,6,9-15H2,1H3. The first-order chi connectivity index (χ1) is 11.3. The Bertz CT molecular complexity index is 517. The van der Waals surface area contributed by atoms with Crippen molar-refractivity contribution in [1.29, 1.82) is 0 Å². The van der Waals surface area contributed by atoms with Crippen LogP contribution in [0.15, 0.2) is 18.2 Å². The monoisotopic (exact) mass is 315 g/mol. The Morgan fingerprint density at radius 1 is 1.17 bits per heavy atom. The van der Waals surface area contributed by atoms with Gasteiger partial charge in [0.15, 0.2) is 0 Å². The zero-order valence-electron chi connectivity index (χ0n) is 14.3. The molecule has 126 valence electrons. The molecule has 0 atom stereocenters. The number of carbonyl (C=O) groups excluding carboxylic acids is 1. The van der Waals surface area contributed by atoms with Gasteiger partial charge >= 0.3 is 0 Å². The van der Waals surface area contributed by atoms with E-state index in [1.165, 1.54) is 25.7 Å². The molecule has 1 aromatic rings. The summed E-state index contributed by atoms with van der Waals surface area (Å²) in [5.41, 5.74) is 1.65. The lowest BCUT2D eigenvalue weighted by Crippen LogP contribution is -2.34. The van der Waals surface area contributed by atoms with Gasteiger partial charge in [-0.1, -0.05) is 25.8 Å². The molecule has 0 saturated carbocycles. The van der Waals surface area contributed by atoms with Crippen molar-refractivity contribution in [2.24, 2.45) is 5.92 Å². The highest BCUT2D eigenvalue weighted by molar-refractivity contribution is 5.92. The molecule has 3 rings (SSSR count). The van der Waals surface area contributed by atoms with Crippen molar-refractivity contribution in [3.05, 3.63) is 29.6 Å². The molecule has 2 aliphatic rings. The summed E-state index contributed by atoms with van der Waals surface area (Å²) in [6.07, 6.45) is 7.52. The fraction of sp³-hybridized carbons (Fsp3) is 0.684. The normalized spacial score (nSPS) is 20.1. The number of likely N-dealkylation sites (tertiary alicyclic amines) is 2. The summed E-state index contributed by atoms with van der Waals surface area (Å²) in [5, 5.41) is 0. The molecular weight excluding hydrogens is 286 g/mol. The molecule has 4 heteroatoms. The Morgan fingerprint density at radius 2 is 1.91 bits per heavy atom. The van der Waals surface area contributed by atoms with Gasteiger partial charge in [0.1, 0.15) is 5.69 Å². The molecule has 1 amide bonds. The first-order valence-corrected chi connectivity index (χ1v) is 9.24. The van der Waals surface area contributed by atoms with Gasteiger partial charge in [-0.2, -0.15) is 0 Å². The van der Waals surface area contributed by atoms with Gasteiger partial charge in [-0.15, -0.1) is 0 Å². The Kier molecular flexibility index (Phi) is 5.65. The average Bonchev–Trinajstić information content (AvgIpc) is 3.11. The van der Waals surface area contributed by atoms with Gasteiger partial charge in [0.25, 0.3) is 5.91 Å². The molecule has 3 heterocycles. The van der Waals surface area contributed by atoms with Crippen LogP contribution < -0.4 is 0 Å². The van der Waals surface area contributed by atoms with E-state index in [0.717, 1.165) is 57.2 Å². The predicted molar refractivity (Wildman–Crippen MR) is 92.3 cm³/mol. The van der Waals surface area contributed by atoms with E-state index in [9.17, 15) is 4.79 Å². The van der Waals surface area contributed by atoms with Crippen LogP contribution >= 0.6 is 0 Å². The van der Waals surface area contributed by atoms with Crippen LogP contribution in [0.1, 0.15) is 61.6 Å². The smallest absolute Gasteiger partial charge is 0.272 e. The maximum Gasteiger partial charge on any atom is 0.272 e. The van der Waals surface area contributed by atoms with Gasteiger partial charge in [0.05, 0.1) is 5.69 Å². The Balaban J connectivity index is 1.56. The maximum atomic E-state index is 12.5. The van der Waals surface area contributed by atoms with E-state index < -0.39 is 0 Å². The number of pyridine rings is 1. The van der Waals surface area contributed by atoms with Crippen LogP contribution in [0, 0.1) is 5.92 Å². The quantitative estimate of drug-likeness (QED) is 0.836. The van der Waals surface area contributed by atoms with E-state index in [0.29, 0.717) is 5.69 Å². The Hall–Kier alpha value is -1.42. The highest BCUT2D eigenvalue weighted by atomic mass is 16.2. The van der Waals surface area contributed by atoms with Crippen molar-refractivity contribution < 1.29 is 4.79 Å². The SMILES string of the molecule is CCCC1CCN(Cc2cccc(C(=O)N3CCCC3)n2)CC1. The number of hydrogen-bond acceptors (Lipinski definition) is 3. The molecule has 0 radical (unpaired) electrons. The van der Waals surface area contributed by atoms with Crippen molar-refractivity contribution >= 4 is 5.91 Å². The number of rotatable bonds is 5. The Labute approximate surface area is 139 Å². The summed E-state index contributed by atoms with van der Waals surface area (Å²) in [6, 6.07) is 5.89. The second-order valence-corrected chi connectivity index (χ2v) is 7.02. The highest BCUT2D eigenvalue weighted by Gasteiger charge is 2.22. The van der Waals surface area contributed by atoms with E-state index >= 15 is 0 Å². The zero-order chi connectivity index (χ0) is 16.1. The first kappa shape index (κ1) is 16.4. The van der Waals surface area contributed by atoms with Crippen molar-refractivity contribution in [2.75, 3.05) is 26.2 Å². The van der Waals surface area contributed by atoms with Crippen molar-refractivity contribution in [2.45, 2.75) is 52.0 Å². The minimum Gasteiger partial charge on any atom is -0.337 e. The second kappa shape index (κ2) is 7.91. The van der Waals surface area contributed by atoms with Gasteiger partial charge in [-0.3, -0.25) is 9.69 Å². The van der Waals surface area contributed by atoms with Gasteiger partial charge in [-0.25, -0.2) is 4.98 Å². The minimum absolute atomic E-state index is 0.103. The van der Waals surface area contributed by atoms with E-state index in [-0.39, 0.29) is 5.91 Å². The molecule has 0 N–H and O–H groups in total. The van der Waals surface area contributed by atoms with Crippen molar-refractivity contribution in [1.82, 2.24) is 14.8 Å². The molecule has 2 aliphatic heterocycles. The summed E-state index contributed by atoms with van der Waals surface area (Å²) in [5.74, 6) is 1.01. The fourth-order valence-corrected chi connectivity index (χ4v) is 3.84. The van der Waals surface area contributed by atoms with Gasteiger partial charge < -0.3 is 4.90 Å². The van der Waals surface area contributed by atoms with Gasteiger partial charge in [0, 0.05) is 19.6 Å². The van der Waals surface area contributed by atoms with Crippen molar-refractivity contribution in [3.8, 4) is 0 Å². The predicted octanol–water partition coefficient (Wildman–Crippen LogP) is 3.33. The first-order valence-electron chi connectivity index (χ1n) is 9.24. The fourth-order valence-electron chi connectivity index (χ4n) is 3.84. The zero-order valence-corrected chi connectivity index (χ0v) is 14.3. The summed E-state index contributed by atoms with van der Waals surface area (Å²) < 4.78 is 0. The highest BCUT2D eigenvalue weighted by Crippen LogP contribution is 2.22. The number of nitrogens with zero attached hydrogens (tertiary/aromatic N) is 3. The van der Waals surface area contributed by atoms with Crippen LogP contribution in [0.2, 0.25) is 0 Å². The molecule has 0 spiro atoms. The lowest BCUT2D eigenvalue weighted by Gasteiger charge is -2.31. The van der Waals surface area contributed by atoms with E-state index in [2.05, 4.69) is 22.9 Å². The third kappa shape index (κ3) is 4.31. The molecular formula is C19H29N3O. The topological polar surface area (TPSA) is 36.4 Å². The van der Waals surface area contributed by atoms with Gasteiger partial charge in [0.2, 0.25) is 0 Å². The molecule has 2 fully saturated rings. The molecule has 1 aromatic heterocycles. The van der Waals surface area contributed by atoms with Crippen LogP contribution in [0.5, 0.6) is 0 Å². The summed E-state index contributed by atoms with van der Waals surface area (Å²) in [7, 11) is 0.